The molecule has 2 unspecified atom stereocenters. The van der Waals surface area contributed by atoms with E-state index in [-0.39, 0.29) is 39.9 Å². The number of amides is 1. The molecular weight excluding hydrogens is 410 g/mol. The molecule has 2 fully saturated rings. The Kier molecular flexibility index (Phi) is 4.63. The topological polar surface area (TPSA) is 99.8 Å². The summed E-state index contributed by atoms with van der Waals surface area (Å²) in [5.41, 5.74) is 1.33. The van der Waals surface area contributed by atoms with Crippen molar-refractivity contribution < 1.29 is 14.3 Å². The van der Waals surface area contributed by atoms with Crippen molar-refractivity contribution in [2.24, 2.45) is 7.05 Å². The summed E-state index contributed by atoms with van der Waals surface area (Å²) in [7, 11) is 1.63. The molecule has 1 saturated carbocycles. The van der Waals surface area contributed by atoms with Crippen LogP contribution in [0, 0.1) is 0 Å². The number of imidazole rings is 1. The smallest absolute Gasteiger partial charge is 0.276 e. The Morgan fingerprint density at radius 3 is 2.75 bits per heavy atom. The Morgan fingerprint density at radius 2 is 2.09 bits per heavy atom. The number of nitrogens with zero attached hydrogens (tertiary/aromatic N) is 4. The van der Waals surface area contributed by atoms with Gasteiger partial charge in [-0.2, -0.15) is 0 Å². The maximum absolute atomic E-state index is 13.0. The molecule has 9 heteroatoms. The fourth-order valence-corrected chi connectivity index (χ4v) is 4.76. The lowest BCUT2D eigenvalue weighted by Crippen LogP contribution is -2.26. The van der Waals surface area contributed by atoms with E-state index in [4.69, 9.17) is 14.5 Å². The third-order valence-electron chi connectivity index (χ3n) is 6.44. The average Bonchev–Trinajstić information content (AvgIpc) is 3.42. The second kappa shape index (κ2) is 7.16. The van der Waals surface area contributed by atoms with Gasteiger partial charge in [0.15, 0.2) is 0 Å². The minimum Gasteiger partial charge on any atom is -0.472 e. The predicted octanol–water partition coefficient (Wildman–Crippen LogP) is 2.68. The molecule has 1 amide bonds. The van der Waals surface area contributed by atoms with Crippen LogP contribution in [-0.2, 0) is 17.2 Å². The van der Waals surface area contributed by atoms with Crippen LogP contribution in [-0.4, -0.2) is 43.2 Å². The number of rotatable bonds is 5. The van der Waals surface area contributed by atoms with Gasteiger partial charge in [-0.15, -0.1) is 0 Å². The molecule has 1 aliphatic carbocycles. The Balaban J connectivity index is 1.55. The lowest BCUT2D eigenvalue weighted by atomic mass is 9.84. The number of carbonyl (C=O) groups excluding carboxylic acids is 1. The van der Waals surface area contributed by atoms with Gasteiger partial charge < -0.3 is 19.4 Å². The zero-order chi connectivity index (χ0) is 22.7. The van der Waals surface area contributed by atoms with Crippen molar-refractivity contribution in [2.45, 2.75) is 57.2 Å². The fourth-order valence-electron chi connectivity index (χ4n) is 4.76. The predicted molar refractivity (Wildman–Crippen MR) is 118 cm³/mol. The molecule has 2 atom stereocenters. The van der Waals surface area contributed by atoms with Gasteiger partial charge in [0.1, 0.15) is 11.4 Å². The van der Waals surface area contributed by atoms with Gasteiger partial charge >= 0.3 is 0 Å². The SMILES string of the molecule is CC(C)Oc1nc(C(=O)Nc2cccn(C)c2=O)cn2cc(C34CCC(C)(C3)OC4)nc12. The average molecular weight is 438 g/mol. The largest absolute Gasteiger partial charge is 0.472 e. The lowest BCUT2D eigenvalue weighted by Gasteiger charge is -2.24. The zero-order valence-electron chi connectivity index (χ0n) is 18.7. The van der Waals surface area contributed by atoms with E-state index in [1.165, 1.54) is 4.57 Å². The van der Waals surface area contributed by atoms with E-state index in [1.807, 2.05) is 20.0 Å². The number of hydrogen-bond donors (Lipinski definition) is 1. The van der Waals surface area contributed by atoms with Gasteiger partial charge in [0.05, 0.1) is 24.0 Å². The Morgan fingerprint density at radius 1 is 1.28 bits per heavy atom. The number of fused-ring (bicyclic) bond motifs is 3. The summed E-state index contributed by atoms with van der Waals surface area (Å²) < 4.78 is 15.2. The monoisotopic (exact) mass is 437 g/mol. The molecule has 3 aromatic rings. The second-order valence-electron chi connectivity index (χ2n) is 9.44. The van der Waals surface area contributed by atoms with Gasteiger partial charge in [0, 0.05) is 31.1 Å². The molecule has 0 spiro atoms. The van der Waals surface area contributed by atoms with Crippen molar-refractivity contribution in [3.8, 4) is 5.88 Å². The third-order valence-corrected chi connectivity index (χ3v) is 6.44. The van der Waals surface area contributed by atoms with Gasteiger partial charge in [-0.05, 0) is 52.2 Å². The van der Waals surface area contributed by atoms with Crippen molar-refractivity contribution in [1.82, 2.24) is 18.9 Å². The molecule has 0 radical (unpaired) electrons. The second-order valence-corrected chi connectivity index (χ2v) is 9.44. The summed E-state index contributed by atoms with van der Waals surface area (Å²) in [4.78, 5) is 34.6. The highest BCUT2D eigenvalue weighted by Gasteiger charge is 2.55. The van der Waals surface area contributed by atoms with Crippen LogP contribution in [0.25, 0.3) is 5.65 Å². The summed E-state index contributed by atoms with van der Waals surface area (Å²) in [6, 6.07) is 3.26. The van der Waals surface area contributed by atoms with Gasteiger partial charge in [-0.1, -0.05) is 0 Å². The third kappa shape index (κ3) is 3.37. The Bertz CT molecular complexity index is 1270. The molecule has 1 N–H and O–H groups in total. The van der Waals surface area contributed by atoms with Gasteiger partial charge in [0.25, 0.3) is 17.3 Å². The highest BCUT2D eigenvalue weighted by Crippen LogP contribution is 2.53. The first-order valence-corrected chi connectivity index (χ1v) is 10.9. The van der Waals surface area contributed by atoms with Crippen LogP contribution in [0.4, 0.5) is 5.69 Å². The number of ether oxygens (including phenoxy) is 2. The van der Waals surface area contributed by atoms with Crippen LogP contribution < -0.4 is 15.6 Å². The maximum Gasteiger partial charge on any atom is 0.276 e. The number of carbonyl (C=O) groups is 1. The normalized spacial score (nSPS) is 24.4. The molecule has 0 aromatic carbocycles. The Hall–Kier alpha value is -3.20. The summed E-state index contributed by atoms with van der Waals surface area (Å²) in [5, 5.41) is 2.66. The van der Waals surface area contributed by atoms with E-state index >= 15 is 0 Å². The molecule has 9 nitrogen and oxygen atoms in total. The molecule has 168 valence electrons. The molecular formula is C23H27N5O4. The van der Waals surface area contributed by atoms with Crippen molar-refractivity contribution in [1.29, 1.82) is 0 Å². The van der Waals surface area contributed by atoms with Crippen LogP contribution >= 0.6 is 0 Å². The fraction of sp³-hybridized carbons (Fsp3) is 0.478. The van der Waals surface area contributed by atoms with Crippen molar-refractivity contribution in [3.63, 3.8) is 0 Å². The first-order chi connectivity index (χ1) is 15.2. The molecule has 3 aromatic heterocycles. The highest BCUT2D eigenvalue weighted by molar-refractivity contribution is 6.02. The van der Waals surface area contributed by atoms with Crippen LogP contribution in [0.3, 0.4) is 0 Å². The number of anilines is 1. The summed E-state index contributed by atoms with van der Waals surface area (Å²) in [6.45, 7) is 6.59. The van der Waals surface area contributed by atoms with E-state index in [2.05, 4.69) is 17.2 Å². The highest BCUT2D eigenvalue weighted by atomic mass is 16.5. The number of hydrogen-bond acceptors (Lipinski definition) is 6. The summed E-state index contributed by atoms with van der Waals surface area (Å²) >= 11 is 0. The van der Waals surface area contributed by atoms with Crippen LogP contribution in [0.5, 0.6) is 5.88 Å². The maximum atomic E-state index is 13.0. The zero-order valence-corrected chi connectivity index (χ0v) is 18.7. The molecule has 2 aliphatic rings. The van der Waals surface area contributed by atoms with Crippen LogP contribution in [0.1, 0.15) is 56.2 Å². The molecule has 1 saturated heterocycles. The van der Waals surface area contributed by atoms with Gasteiger partial charge in [-0.3, -0.25) is 14.0 Å². The number of pyridine rings is 1. The minimum atomic E-state index is -0.491. The molecule has 4 heterocycles. The standard InChI is InChI=1S/C23H27N5O4/c1-14(2)32-20-18-26-17(23-8-7-22(3,12-23)31-13-23)11-28(18)10-16(25-20)19(29)24-15-6-5-9-27(4)21(15)30/h5-6,9-11,14H,7-8,12-13H2,1-4H3,(H,24,29). The molecule has 2 bridgehead atoms. The van der Waals surface area contributed by atoms with E-state index < -0.39 is 5.91 Å². The first kappa shape index (κ1) is 20.7. The summed E-state index contributed by atoms with van der Waals surface area (Å²) in [6.07, 6.45) is 8.02. The number of aromatic nitrogens is 4. The van der Waals surface area contributed by atoms with Crippen LogP contribution in [0.2, 0.25) is 0 Å². The van der Waals surface area contributed by atoms with Gasteiger partial charge in [0.2, 0.25) is 5.65 Å². The molecule has 32 heavy (non-hydrogen) atoms. The first-order valence-electron chi connectivity index (χ1n) is 10.9. The van der Waals surface area contributed by atoms with Crippen molar-refractivity contribution >= 4 is 17.2 Å². The van der Waals surface area contributed by atoms with E-state index in [0.29, 0.717) is 12.3 Å². The van der Waals surface area contributed by atoms with Crippen LogP contribution in [0.15, 0.2) is 35.5 Å². The quantitative estimate of drug-likeness (QED) is 0.659. The lowest BCUT2D eigenvalue weighted by molar-refractivity contribution is -0.00627. The minimum absolute atomic E-state index is 0.0851. The van der Waals surface area contributed by atoms with Gasteiger partial charge in [-0.25, -0.2) is 9.97 Å². The number of aryl methyl sites for hydroxylation is 1. The summed E-state index contributed by atoms with van der Waals surface area (Å²) in [5.74, 6) is -0.203. The Labute approximate surface area is 185 Å². The van der Waals surface area contributed by atoms with E-state index in [0.717, 1.165) is 25.0 Å². The van der Waals surface area contributed by atoms with E-state index in [1.54, 1.807) is 36.0 Å². The van der Waals surface area contributed by atoms with E-state index in [9.17, 15) is 9.59 Å². The molecule has 1 aliphatic heterocycles. The molecule has 5 rings (SSSR count). The van der Waals surface area contributed by atoms with Crippen molar-refractivity contribution in [3.05, 3.63) is 52.5 Å². The van der Waals surface area contributed by atoms with Crippen molar-refractivity contribution in [2.75, 3.05) is 11.9 Å². The number of nitrogens with one attached hydrogen (secondary N) is 1.